The number of hydrogen-bond acceptors (Lipinski definition) is 7. The Morgan fingerprint density at radius 3 is 2.73 bits per heavy atom. The molecule has 8 nitrogen and oxygen atoms in total. The van der Waals surface area contributed by atoms with Crippen molar-refractivity contribution in [2.75, 3.05) is 34.8 Å². The second-order valence-electron chi connectivity index (χ2n) is 6.51. The first-order chi connectivity index (χ1) is 14.3. The number of halogens is 3. The Balaban J connectivity index is 1.63. The molecule has 4 rings (SSSR count). The van der Waals surface area contributed by atoms with E-state index in [1.54, 1.807) is 17.9 Å². The van der Waals surface area contributed by atoms with Gasteiger partial charge in [-0.25, -0.2) is 9.97 Å². The van der Waals surface area contributed by atoms with E-state index in [2.05, 4.69) is 30.0 Å². The van der Waals surface area contributed by atoms with E-state index in [-0.39, 0.29) is 11.5 Å². The molecule has 1 aromatic carbocycles. The van der Waals surface area contributed by atoms with Crippen LogP contribution in [0.15, 0.2) is 30.5 Å². The van der Waals surface area contributed by atoms with Crippen LogP contribution in [0.1, 0.15) is 10.6 Å². The molecule has 30 heavy (non-hydrogen) atoms. The first-order valence-corrected chi connectivity index (χ1v) is 10.2. The number of nitrogens with zero attached hydrogens (tertiary/aromatic N) is 5. The lowest BCUT2D eigenvalue weighted by Gasteiger charge is -2.28. The number of aromatic nitrogens is 4. The quantitative estimate of drug-likeness (QED) is 0.670. The zero-order valence-corrected chi connectivity index (χ0v) is 16.6. The fourth-order valence-corrected chi connectivity index (χ4v) is 3.99. The summed E-state index contributed by atoms with van der Waals surface area (Å²) in [4.78, 5) is 23.6. The minimum absolute atomic E-state index is 0.0959. The maximum atomic E-state index is 12.8. The minimum atomic E-state index is -4.82. The zero-order valence-electron chi connectivity index (χ0n) is 15.8. The van der Waals surface area contributed by atoms with Gasteiger partial charge in [-0.2, -0.15) is 16.9 Å². The highest BCUT2D eigenvalue weighted by Gasteiger charge is 2.31. The third kappa shape index (κ3) is 4.42. The molecule has 2 aromatic heterocycles. The number of benzene rings is 1. The van der Waals surface area contributed by atoms with Crippen LogP contribution in [0.25, 0.3) is 11.0 Å². The number of carbonyl (C=O) groups is 1. The van der Waals surface area contributed by atoms with Crippen molar-refractivity contribution in [1.82, 2.24) is 19.7 Å². The Morgan fingerprint density at radius 2 is 2.00 bits per heavy atom. The molecular weight excluding hydrogens is 421 g/mol. The average Bonchev–Trinajstić information content (AvgIpc) is 3.08. The number of fused-ring (bicyclic) bond motifs is 1. The van der Waals surface area contributed by atoms with Crippen molar-refractivity contribution >= 4 is 40.2 Å². The molecular formula is C18H17F3N6O2S. The number of hydrogen-bond donors (Lipinski definition) is 1. The highest BCUT2D eigenvalue weighted by Crippen LogP contribution is 2.27. The number of ether oxygens (including phenoxy) is 1. The first-order valence-electron chi connectivity index (χ1n) is 9.00. The number of anilines is 2. The molecule has 0 saturated carbocycles. The van der Waals surface area contributed by atoms with E-state index in [9.17, 15) is 18.0 Å². The maximum Gasteiger partial charge on any atom is 0.573 e. The maximum absolute atomic E-state index is 12.8. The number of alkyl halides is 3. The molecule has 1 aliphatic rings. The summed E-state index contributed by atoms with van der Waals surface area (Å²) in [6.07, 6.45) is -3.16. The van der Waals surface area contributed by atoms with Gasteiger partial charge < -0.3 is 15.0 Å². The largest absolute Gasteiger partial charge is 0.573 e. The van der Waals surface area contributed by atoms with Crippen LogP contribution < -0.4 is 15.0 Å². The van der Waals surface area contributed by atoms with E-state index in [1.807, 2.05) is 11.8 Å². The highest BCUT2D eigenvalue weighted by atomic mass is 32.2. The smallest absolute Gasteiger partial charge is 0.406 e. The molecule has 1 fully saturated rings. The SMILES string of the molecule is Cn1ncc2c(N3CCSCC3)nc(C(=O)Nc3cccc(OC(F)(F)F)c3)nc21. The lowest BCUT2D eigenvalue weighted by atomic mass is 10.3. The Kier molecular flexibility index (Phi) is 5.41. The van der Waals surface area contributed by atoms with E-state index in [4.69, 9.17) is 0 Å². The molecule has 3 aromatic rings. The van der Waals surface area contributed by atoms with Gasteiger partial charge in [0, 0.05) is 43.4 Å². The van der Waals surface area contributed by atoms with E-state index in [0.29, 0.717) is 11.5 Å². The Hall–Kier alpha value is -3.02. The summed E-state index contributed by atoms with van der Waals surface area (Å²) in [5, 5.41) is 7.47. The molecule has 0 atom stereocenters. The van der Waals surface area contributed by atoms with Crippen LogP contribution in [-0.2, 0) is 7.05 Å². The lowest BCUT2D eigenvalue weighted by molar-refractivity contribution is -0.274. The first kappa shape index (κ1) is 20.3. The van der Waals surface area contributed by atoms with Gasteiger partial charge in [0.15, 0.2) is 5.65 Å². The third-order valence-corrected chi connectivity index (χ3v) is 5.35. The predicted octanol–water partition coefficient (Wildman–Crippen LogP) is 3.07. The zero-order chi connectivity index (χ0) is 21.3. The third-order valence-electron chi connectivity index (χ3n) is 4.41. The van der Waals surface area contributed by atoms with E-state index < -0.39 is 18.0 Å². The number of nitrogens with one attached hydrogen (secondary N) is 1. The monoisotopic (exact) mass is 438 g/mol. The molecule has 158 valence electrons. The van der Waals surface area contributed by atoms with Crippen LogP contribution >= 0.6 is 11.8 Å². The summed E-state index contributed by atoms with van der Waals surface area (Å²) >= 11 is 1.84. The van der Waals surface area contributed by atoms with Gasteiger partial charge in [-0.05, 0) is 12.1 Å². The molecule has 0 bridgehead atoms. The Labute approximate surface area is 173 Å². The van der Waals surface area contributed by atoms with Crippen molar-refractivity contribution in [3.8, 4) is 5.75 Å². The second-order valence-corrected chi connectivity index (χ2v) is 7.73. The van der Waals surface area contributed by atoms with E-state index in [0.717, 1.165) is 42.1 Å². The van der Waals surface area contributed by atoms with Gasteiger partial charge in [-0.15, -0.1) is 13.2 Å². The van der Waals surface area contributed by atoms with Gasteiger partial charge >= 0.3 is 6.36 Å². The molecule has 12 heteroatoms. The van der Waals surface area contributed by atoms with Gasteiger partial charge in [0.2, 0.25) is 5.82 Å². The van der Waals surface area contributed by atoms with Crippen LogP contribution in [-0.4, -0.2) is 56.6 Å². The summed E-state index contributed by atoms with van der Waals surface area (Å²) in [6, 6.07) is 5.02. The summed E-state index contributed by atoms with van der Waals surface area (Å²) in [6.45, 7) is 1.56. The summed E-state index contributed by atoms with van der Waals surface area (Å²) in [5.74, 6) is 1.33. The van der Waals surface area contributed by atoms with Crippen molar-refractivity contribution in [1.29, 1.82) is 0 Å². The molecule has 0 spiro atoms. The van der Waals surface area contributed by atoms with Crippen LogP contribution in [0.2, 0.25) is 0 Å². The topological polar surface area (TPSA) is 85.2 Å². The molecule has 0 aliphatic carbocycles. The highest BCUT2D eigenvalue weighted by molar-refractivity contribution is 7.99. The number of carbonyl (C=O) groups excluding carboxylic acids is 1. The van der Waals surface area contributed by atoms with Gasteiger partial charge in [0.25, 0.3) is 5.91 Å². The number of thioether (sulfide) groups is 1. The number of aryl methyl sites for hydroxylation is 1. The van der Waals surface area contributed by atoms with Crippen LogP contribution in [0, 0.1) is 0 Å². The summed E-state index contributed by atoms with van der Waals surface area (Å²) < 4.78 is 42.7. The Morgan fingerprint density at radius 1 is 1.23 bits per heavy atom. The van der Waals surface area contributed by atoms with Crippen LogP contribution in [0.3, 0.4) is 0 Å². The number of rotatable bonds is 4. The lowest BCUT2D eigenvalue weighted by Crippen LogP contribution is -2.34. The summed E-state index contributed by atoms with van der Waals surface area (Å²) in [7, 11) is 1.71. The molecule has 3 heterocycles. The van der Waals surface area contributed by atoms with Gasteiger partial charge in [-0.1, -0.05) is 6.07 Å². The molecule has 0 unspecified atom stereocenters. The van der Waals surface area contributed by atoms with E-state index >= 15 is 0 Å². The molecule has 1 amide bonds. The normalized spacial score (nSPS) is 14.7. The fourth-order valence-electron chi connectivity index (χ4n) is 3.08. The second kappa shape index (κ2) is 8.01. The van der Waals surface area contributed by atoms with Crippen molar-refractivity contribution < 1.29 is 22.7 Å². The molecule has 1 aliphatic heterocycles. The standard InChI is InChI=1S/C18H17F3N6O2S/c1-26-15-13(10-22-26)16(27-5-7-30-8-6-27)25-14(24-15)17(28)23-11-3-2-4-12(9-11)29-18(19,20)21/h2-4,9-10H,5-8H2,1H3,(H,23,28). The van der Waals surface area contributed by atoms with Crippen LogP contribution in [0.5, 0.6) is 5.75 Å². The average molecular weight is 438 g/mol. The molecule has 0 radical (unpaired) electrons. The molecule has 1 N–H and O–H groups in total. The minimum Gasteiger partial charge on any atom is -0.406 e. The fraction of sp³-hybridized carbons (Fsp3) is 0.333. The van der Waals surface area contributed by atoms with Gasteiger partial charge in [0.05, 0.1) is 11.6 Å². The van der Waals surface area contributed by atoms with Crippen molar-refractivity contribution in [3.63, 3.8) is 0 Å². The molecule has 1 saturated heterocycles. The Bertz CT molecular complexity index is 1080. The van der Waals surface area contributed by atoms with Gasteiger partial charge in [0.1, 0.15) is 11.6 Å². The van der Waals surface area contributed by atoms with Crippen LogP contribution in [0.4, 0.5) is 24.7 Å². The van der Waals surface area contributed by atoms with E-state index in [1.165, 1.54) is 12.1 Å². The summed E-state index contributed by atoms with van der Waals surface area (Å²) in [5.41, 5.74) is 0.629. The van der Waals surface area contributed by atoms with Gasteiger partial charge in [-0.3, -0.25) is 9.48 Å². The predicted molar refractivity (Wildman–Crippen MR) is 107 cm³/mol. The van der Waals surface area contributed by atoms with Crippen molar-refractivity contribution in [3.05, 3.63) is 36.3 Å². The number of amides is 1. The van der Waals surface area contributed by atoms with Crippen molar-refractivity contribution in [2.24, 2.45) is 7.05 Å². The van der Waals surface area contributed by atoms with Crippen molar-refractivity contribution in [2.45, 2.75) is 6.36 Å².